The Hall–Kier alpha value is -1.39. The number of halogens is 2. The second-order valence-electron chi connectivity index (χ2n) is 4.05. The Morgan fingerprint density at radius 2 is 2.22 bits per heavy atom. The molecule has 1 atom stereocenters. The molecule has 1 aromatic carbocycles. The Kier molecular flexibility index (Phi) is 3.99. The third kappa shape index (κ3) is 2.40. The lowest BCUT2D eigenvalue weighted by atomic mass is 10.1. The van der Waals surface area contributed by atoms with Crippen LogP contribution in [0, 0.1) is 5.82 Å². The largest absolute Gasteiger partial charge is 0.394 e. The third-order valence-corrected chi connectivity index (χ3v) is 3.20. The maximum atomic E-state index is 14.2. The number of anilines is 1. The fourth-order valence-corrected chi connectivity index (χ4v) is 1.97. The van der Waals surface area contributed by atoms with Crippen molar-refractivity contribution >= 4 is 28.2 Å². The van der Waals surface area contributed by atoms with E-state index in [1.807, 2.05) is 6.92 Å². The molecule has 0 aliphatic carbocycles. The van der Waals surface area contributed by atoms with Gasteiger partial charge in [0, 0.05) is 17.6 Å². The highest BCUT2D eigenvalue weighted by molar-refractivity contribution is 6.35. The molecule has 0 saturated heterocycles. The third-order valence-electron chi connectivity index (χ3n) is 2.87. The van der Waals surface area contributed by atoms with Gasteiger partial charge in [-0.25, -0.2) is 4.39 Å². The maximum Gasteiger partial charge on any atom is 0.172 e. The van der Waals surface area contributed by atoms with Crippen molar-refractivity contribution in [1.29, 1.82) is 0 Å². The molecule has 5 heteroatoms. The second-order valence-corrected chi connectivity index (χ2v) is 4.46. The number of nitrogens with zero attached hydrogens (tertiary/aromatic N) is 1. The molecule has 1 aromatic heterocycles. The molecule has 0 amide bonds. The van der Waals surface area contributed by atoms with Gasteiger partial charge in [0.05, 0.1) is 17.3 Å². The summed E-state index contributed by atoms with van der Waals surface area (Å²) in [6.07, 6.45) is 2.18. The molecule has 96 valence electrons. The van der Waals surface area contributed by atoms with Crippen molar-refractivity contribution in [2.75, 3.05) is 11.9 Å². The van der Waals surface area contributed by atoms with Crippen molar-refractivity contribution < 1.29 is 9.50 Å². The van der Waals surface area contributed by atoms with Crippen LogP contribution >= 0.6 is 11.6 Å². The molecule has 0 aliphatic rings. The van der Waals surface area contributed by atoms with Gasteiger partial charge >= 0.3 is 0 Å². The molecule has 0 bridgehead atoms. The lowest BCUT2D eigenvalue weighted by Gasteiger charge is -2.16. The zero-order chi connectivity index (χ0) is 13.1. The molecule has 2 rings (SSSR count). The quantitative estimate of drug-likeness (QED) is 0.895. The van der Waals surface area contributed by atoms with Gasteiger partial charge in [0.15, 0.2) is 5.82 Å². The molecule has 0 saturated carbocycles. The van der Waals surface area contributed by atoms with E-state index >= 15 is 0 Å². The molecule has 3 nitrogen and oxygen atoms in total. The highest BCUT2D eigenvalue weighted by atomic mass is 35.5. The Balaban J connectivity index is 2.45. The van der Waals surface area contributed by atoms with Crippen LogP contribution in [-0.4, -0.2) is 22.7 Å². The van der Waals surface area contributed by atoms with Crippen LogP contribution in [0.2, 0.25) is 5.02 Å². The zero-order valence-corrected chi connectivity index (χ0v) is 10.7. The number of aliphatic hydroxyl groups excluding tert-OH is 1. The van der Waals surface area contributed by atoms with E-state index in [4.69, 9.17) is 16.7 Å². The molecule has 2 N–H and O–H groups in total. The van der Waals surface area contributed by atoms with Crippen molar-refractivity contribution in [3.05, 3.63) is 35.2 Å². The van der Waals surface area contributed by atoms with E-state index < -0.39 is 5.82 Å². The van der Waals surface area contributed by atoms with Gasteiger partial charge < -0.3 is 10.4 Å². The normalized spacial score (nSPS) is 12.7. The van der Waals surface area contributed by atoms with Crippen LogP contribution in [0.25, 0.3) is 10.9 Å². The van der Waals surface area contributed by atoms with E-state index in [1.54, 1.807) is 18.2 Å². The minimum absolute atomic E-state index is 0.0447. The minimum atomic E-state index is -0.443. The van der Waals surface area contributed by atoms with Crippen molar-refractivity contribution in [2.24, 2.45) is 0 Å². The first-order chi connectivity index (χ1) is 8.67. The average Bonchev–Trinajstić information content (AvgIpc) is 2.39. The minimum Gasteiger partial charge on any atom is -0.394 e. The van der Waals surface area contributed by atoms with Gasteiger partial charge in [0.25, 0.3) is 0 Å². The standard InChI is InChI=1S/C13H14ClFN2O/c1-2-8(7-18)17-11-4-3-9-10(14)5-6-16-13(9)12(11)15/h3-6,8,17-18H,2,7H2,1H3/t8-/m1/s1. The fraction of sp³-hybridized carbons (Fsp3) is 0.308. The van der Waals surface area contributed by atoms with Gasteiger partial charge in [-0.05, 0) is 24.6 Å². The van der Waals surface area contributed by atoms with E-state index in [-0.39, 0.29) is 18.2 Å². The monoisotopic (exact) mass is 268 g/mol. The first kappa shape index (κ1) is 13.1. The Bertz CT molecular complexity index is 558. The van der Waals surface area contributed by atoms with Crippen molar-refractivity contribution in [1.82, 2.24) is 4.98 Å². The number of hydrogen-bond donors (Lipinski definition) is 2. The van der Waals surface area contributed by atoms with Crippen molar-refractivity contribution in [3.63, 3.8) is 0 Å². The van der Waals surface area contributed by atoms with Crippen LogP contribution in [0.5, 0.6) is 0 Å². The smallest absolute Gasteiger partial charge is 0.172 e. The summed E-state index contributed by atoms with van der Waals surface area (Å²) in [7, 11) is 0. The molecule has 1 heterocycles. The number of fused-ring (bicyclic) bond motifs is 1. The van der Waals surface area contributed by atoms with E-state index in [9.17, 15) is 4.39 Å². The van der Waals surface area contributed by atoms with Crippen molar-refractivity contribution in [3.8, 4) is 0 Å². The number of pyridine rings is 1. The van der Waals surface area contributed by atoms with Gasteiger partial charge in [-0.1, -0.05) is 18.5 Å². The summed E-state index contributed by atoms with van der Waals surface area (Å²) < 4.78 is 14.2. The summed E-state index contributed by atoms with van der Waals surface area (Å²) in [5, 5.41) is 13.1. The van der Waals surface area contributed by atoms with E-state index in [1.165, 1.54) is 6.20 Å². The van der Waals surface area contributed by atoms with Crippen LogP contribution in [0.4, 0.5) is 10.1 Å². The number of nitrogens with one attached hydrogen (secondary N) is 1. The number of aromatic nitrogens is 1. The SMILES string of the molecule is CC[C@H](CO)Nc1ccc2c(Cl)ccnc2c1F. The fourth-order valence-electron chi connectivity index (χ4n) is 1.76. The predicted molar refractivity (Wildman–Crippen MR) is 71.5 cm³/mol. The van der Waals surface area contributed by atoms with Gasteiger partial charge in [-0.3, -0.25) is 4.98 Å². The Morgan fingerprint density at radius 3 is 2.89 bits per heavy atom. The maximum absolute atomic E-state index is 14.2. The summed E-state index contributed by atoms with van der Waals surface area (Å²) >= 11 is 5.97. The number of benzene rings is 1. The predicted octanol–water partition coefficient (Wildman–Crippen LogP) is 3.21. The second kappa shape index (κ2) is 5.50. The molecular formula is C13H14ClFN2O. The summed E-state index contributed by atoms with van der Waals surface area (Å²) in [6, 6.07) is 4.79. The molecule has 0 aliphatic heterocycles. The van der Waals surface area contributed by atoms with Gasteiger partial charge in [0.2, 0.25) is 0 Å². The summed E-state index contributed by atoms with van der Waals surface area (Å²) in [5.74, 6) is -0.443. The molecule has 0 unspecified atom stereocenters. The Morgan fingerprint density at radius 1 is 1.44 bits per heavy atom. The average molecular weight is 269 g/mol. The molecular weight excluding hydrogens is 255 g/mol. The molecule has 0 fully saturated rings. The molecule has 0 radical (unpaired) electrons. The van der Waals surface area contributed by atoms with Crippen LogP contribution in [-0.2, 0) is 0 Å². The first-order valence-electron chi connectivity index (χ1n) is 5.77. The highest BCUT2D eigenvalue weighted by Gasteiger charge is 2.13. The lowest BCUT2D eigenvalue weighted by Crippen LogP contribution is -2.23. The van der Waals surface area contributed by atoms with Crippen molar-refractivity contribution in [2.45, 2.75) is 19.4 Å². The summed E-state index contributed by atoms with van der Waals surface area (Å²) in [5.41, 5.74) is 0.568. The molecule has 2 aromatic rings. The number of rotatable bonds is 4. The summed E-state index contributed by atoms with van der Waals surface area (Å²) in [6.45, 7) is 1.87. The van der Waals surface area contributed by atoms with E-state index in [0.717, 1.165) is 0 Å². The van der Waals surface area contributed by atoms with Crippen LogP contribution in [0.15, 0.2) is 24.4 Å². The zero-order valence-electron chi connectivity index (χ0n) is 9.95. The van der Waals surface area contributed by atoms with Crippen LogP contribution in [0.1, 0.15) is 13.3 Å². The van der Waals surface area contributed by atoms with Gasteiger partial charge in [-0.15, -0.1) is 0 Å². The first-order valence-corrected chi connectivity index (χ1v) is 6.15. The van der Waals surface area contributed by atoms with Crippen LogP contribution < -0.4 is 5.32 Å². The number of aliphatic hydroxyl groups is 1. The topological polar surface area (TPSA) is 45.1 Å². The van der Waals surface area contributed by atoms with Gasteiger partial charge in [-0.2, -0.15) is 0 Å². The Labute approximate surface area is 110 Å². The van der Waals surface area contributed by atoms with E-state index in [0.29, 0.717) is 22.5 Å². The highest BCUT2D eigenvalue weighted by Crippen LogP contribution is 2.28. The summed E-state index contributed by atoms with van der Waals surface area (Å²) in [4.78, 5) is 4.00. The van der Waals surface area contributed by atoms with E-state index in [2.05, 4.69) is 10.3 Å². The van der Waals surface area contributed by atoms with Crippen LogP contribution in [0.3, 0.4) is 0 Å². The number of hydrogen-bond acceptors (Lipinski definition) is 3. The molecule has 0 spiro atoms. The van der Waals surface area contributed by atoms with Gasteiger partial charge in [0.1, 0.15) is 5.52 Å². The molecule has 18 heavy (non-hydrogen) atoms. The lowest BCUT2D eigenvalue weighted by molar-refractivity contribution is 0.271.